The Bertz CT molecular complexity index is 343. The zero-order valence-electron chi connectivity index (χ0n) is 7.90. The zero-order chi connectivity index (χ0) is 10.8. The van der Waals surface area contributed by atoms with Crippen LogP contribution in [0, 0.1) is 11.6 Å². The summed E-state index contributed by atoms with van der Waals surface area (Å²) in [6.45, 7) is 1.71. The molecule has 0 bridgehead atoms. The van der Waals surface area contributed by atoms with E-state index in [0.717, 1.165) is 0 Å². The molecule has 0 spiro atoms. The molecule has 2 nitrogen and oxygen atoms in total. The first-order valence-corrected chi connectivity index (χ1v) is 5.02. The average Bonchev–Trinajstić information content (AvgIpc) is 2.26. The zero-order valence-corrected chi connectivity index (χ0v) is 8.65. The number of nitrogens with one attached hydrogen (secondary N) is 1. The summed E-state index contributed by atoms with van der Waals surface area (Å²) in [6.07, 6.45) is 0. The summed E-state index contributed by atoms with van der Waals surface area (Å²) in [7, 11) is 0. The van der Waals surface area contributed by atoms with E-state index < -0.39 is 16.7 Å². The minimum Gasteiger partial charge on any atom is -0.378 e. The van der Waals surface area contributed by atoms with Gasteiger partial charge in [0.25, 0.3) is 0 Å². The van der Waals surface area contributed by atoms with Crippen molar-refractivity contribution in [2.24, 2.45) is 0 Å². The van der Waals surface area contributed by atoms with Crippen LogP contribution in [0.15, 0.2) is 12.1 Å². The minimum atomic E-state index is -0.737. The predicted octanol–water partition coefficient (Wildman–Crippen LogP) is 2.28. The summed E-state index contributed by atoms with van der Waals surface area (Å²) >= 11 is 5.39. The molecule has 1 aliphatic rings. The molecule has 82 valence electrons. The SMILES string of the molecule is Fc1cc(C2COCCN2)cc(F)c1Cl. The monoisotopic (exact) mass is 233 g/mol. The number of rotatable bonds is 1. The van der Waals surface area contributed by atoms with Gasteiger partial charge in [-0.05, 0) is 17.7 Å². The maximum Gasteiger partial charge on any atom is 0.145 e. The van der Waals surface area contributed by atoms with Crippen LogP contribution in [0.2, 0.25) is 5.02 Å². The van der Waals surface area contributed by atoms with E-state index in [4.69, 9.17) is 16.3 Å². The Morgan fingerprint density at radius 2 is 2.00 bits per heavy atom. The molecule has 0 saturated carbocycles. The third-order valence-corrected chi connectivity index (χ3v) is 2.69. The second-order valence-electron chi connectivity index (χ2n) is 3.38. The van der Waals surface area contributed by atoms with Gasteiger partial charge in [0.2, 0.25) is 0 Å². The van der Waals surface area contributed by atoms with Gasteiger partial charge in [-0.3, -0.25) is 0 Å². The third kappa shape index (κ3) is 2.27. The molecule has 1 fully saturated rings. The quantitative estimate of drug-likeness (QED) is 0.752. The van der Waals surface area contributed by atoms with Crippen molar-refractivity contribution >= 4 is 11.6 Å². The van der Waals surface area contributed by atoms with Crippen LogP contribution in [-0.4, -0.2) is 19.8 Å². The fourth-order valence-electron chi connectivity index (χ4n) is 1.56. The standard InChI is InChI=1S/C10H10ClF2NO/c11-10-7(12)3-6(4-8(10)13)9-5-15-2-1-14-9/h3-4,9,14H,1-2,5H2. The highest BCUT2D eigenvalue weighted by Gasteiger charge is 2.18. The first-order chi connectivity index (χ1) is 7.18. The lowest BCUT2D eigenvalue weighted by molar-refractivity contribution is 0.0767. The molecular formula is C10H10ClF2NO. The van der Waals surface area contributed by atoms with Crippen LogP contribution >= 0.6 is 11.6 Å². The van der Waals surface area contributed by atoms with Gasteiger partial charge in [-0.2, -0.15) is 0 Å². The highest BCUT2D eigenvalue weighted by Crippen LogP contribution is 2.24. The summed E-state index contributed by atoms with van der Waals surface area (Å²) in [5.74, 6) is -1.47. The number of benzene rings is 1. The van der Waals surface area contributed by atoms with Gasteiger partial charge in [0.1, 0.15) is 16.7 Å². The van der Waals surface area contributed by atoms with E-state index in [9.17, 15) is 8.78 Å². The van der Waals surface area contributed by atoms with Crippen LogP contribution in [0.5, 0.6) is 0 Å². The first kappa shape index (κ1) is 10.8. The smallest absolute Gasteiger partial charge is 0.145 e. The van der Waals surface area contributed by atoms with E-state index in [1.54, 1.807) is 0 Å². The molecule has 5 heteroatoms. The first-order valence-electron chi connectivity index (χ1n) is 4.64. The minimum absolute atomic E-state index is 0.167. The summed E-state index contributed by atoms with van der Waals surface area (Å²) in [6, 6.07) is 2.30. The molecule has 1 aromatic carbocycles. The molecule has 1 aromatic rings. The molecule has 1 saturated heterocycles. The van der Waals surface area contributed by atoms with Crippen molar-refractivity contribution in [3.8, 4) is 0 Å². The van der Waals surface area contributed by atoms with Gasteiger partial charge >= 0.3 is 0 Å². The molecule has 15 heavy (non-hydrogen) atoms. The van der Waals surface area contributed by atoms with E-state index in [1.165, 1.54) is 12.1 Å². The lowest BCUT2D eigenvalue weighted by Gasteiger charge is -2.24. The molecule has 1 aliphatic heterocycles. The lowest BCUT2D eigenvalue weighted by atomic mass is 10.1. The number of hydrogen-bond acceptors (Lipinski definition) is 2. The number of morpholine rings is 1. The van der Waals surface area contributed by atoms with Crippen molar-refractivity contribution in [2.75, 3.05) is 19.8 Å². The van der Waals surface area contributed by atoms with Gasteiger partial charge in [0.15, 0.2) is 0 Å². The molecule has 2 rings (SSSR count). The largest absolute Gasteiger partial charge is 0.378 e. The molecule has 0 aliphatic carbocycles. The van der Waals surface area contributed by atoms with Crippen molar-refractivity contribution in [3.63, 3.8) is 0 Å². The van der Waals surface area contributed by atoms with Crippen LogP contribution in [0.3, 0.4) is 0 Å². The number of hydrogen-bond donors (Lipinski definition) is 1. The van der Waals surface area contributed by atoms with Gasteiger partial charge < -0.3 is 10.1 Å². The molecule has 0 radical (unpaired) electrons. The Morgan fingerprint density at radius 1 is 1.33 bits per heavy atom. The predicted molar refractivity (Wildman–Crippen MR) is 52.9 cm³/mol. The Hall–Kier alpha value is -0.710. The van der Waals surface area contributed by atoms with Gasteiger partial charge in [-0.15, -0.1) is 0 Å². The fraction of sp³-hybridized carbons (Fsp3) is 0.400. The fourth-order valence-corrected chi connectivity index (χ4v) is 1.66. The summed E-state index contributed by atoms with van der Waals surface area (Å²) in [4.78, 5) is 0. The van der Waals surface area contributed by atoms with E-state index >= 15 is 0 Å². The topological polar surface area (TPSA) is 21.3 Å². The van der Waals surface area contributed by atoms with Crippen LogP contribution < -0.4 is 5.32 Å². The highest BCUT2D eigenvalue weighted by molar-refractivity contribution is 6.30. The molecular weight excluding hydrogens is 224 g/mol. The van der Waals surface area contributed by atoms with Crippen molar-refractivity contribution in [1.29, 1.82) is 0 Å². The molecule has 1 unspecified atom stereocenters. The maximum atomic E-state index is 13.2. The van der Waals surface area contributed by atoms with E-state index in [-0.39, 0.29) is 6.04 Å². The normalized spacial score (nSPS) is 21.7. The van der Waals surface area contributed by atoms with E-state index in [0.29, 0.717) is 25.3 Å². The van der Waals surface area contributed by atoms with Gasteiger partial charge in [-0.1, -0.05) is 11.6 Å². The molecule has 1 heterocycles. The number of ether oxygens (including phenoxy) is 1. The van der Waals surface area contributed by atoms with Gasteiger partial charge in [0, 0.05) is 6.54 Å². The third-order valence-electron chi connectivity index (χ3n) is 2.33. The summed E-state index contributed by atoms with van der Waals surface area (Å²) in [5.41, 5.74) is 0.522. The van der Waals surface area contributed by atoms with Crippen molar-refractivity contribution in [2.45, 2.75) is 6.04 Å². The van der Waals surface area contributed by atoms with Gasteiger partial charge in [-0.25, -0.2) is 8.78 Å². The van der Waals surface area contributed by atoms with Crippen LogP contribution in [0.25, 0.3) is 0 Å². The Labute approximate surface area is 91.2 Å². The highest BCUT2D eigenvalue weighted by atomic mass is 35.5. The molecule has 1 N–H and O–H groups in total. The summed E-state index contributed by atoms with van der Waals surface area (Å²) in [5, 5.41) is 2.65. The molecule has 0 aromatic heterocycles. The summed E-state index contributed by atoms with van der Waals surface area (Å²) < 4.78 is 31.5. The maximum absolute atomic E-state index is 13.2. The van der Waals surface area contributed by atoms with Crippen molar-refractivity contribution in [1.82, 2.24) is 5.32 Å². The van der Waals surface area contributed by atoms with Crippen LogP contribution in [0.1, 0.15) is 11.6 Å². The Kier molecular flexibility index (Phi) is 3.19. The Morgan fingerprint density at radius 3 is 2.53 bits per heavy atom. The van der Waals surface area contributed by atoms with E-state index in [2.05, 4.69) is 5.32 Å². The van der Waals surface area contributed by atoms with Gasteiger partial charge in [0.05, 0.1) is 19.3 Å². The van der Waals surface area contributed by atoms with E-state index in [1.807, 2.05) is 0 Å². The lowest BCUT2D eigenvalue weighted by Crippen LogP contribution is -2.34. The Balaban J connectivity index is 2.27. The van der Waals surface area contributed by atoms with Crippen molar-refractivity contribution in [3.05, 3.63) is 34.4 Å². The average molecular weight is 234 g/mol. The van der Waals surface area contributed by atoms with Crippen LogP contribution in [0.4, 0.5) is 8.78 Å². The molecule has 0 amide bonds. The second kappa shape index (κ2) is 4.43. The van der Waals surface area contributed by atoms with Crippen molar-refractivity contribution < 1.29 is 13.5 Å². The number of halogens is 3. The molecule has 1 atom stereocenters. The van der Waals surface area contributed by atoms with Crippen LogP contribution in [-0.2, 0) is 4.74 Å². The second-order valence-corrected chi connectivity index (χ2v) is 3.76.